The van der Waals surface area contributed by atoms with E-state index in [1.807, 2.05) is 13.1 Å². The van der Waals surface area contributed by atoms with E-state index < -0.39 is 8.32 Å². The molecular formula is C7H16O3Si. The Morgan fingerprint density at radius 2 is 2.00 bits per heavy atom. The molecule has 0 aromatic rings. The summed E-state index contributed by atoms with van der Waals surface area (Å²) in [5.41, 5.74) is 0. The highest BCUT2D eigenvalue weighted by Gasteiger charge is 2.25. The van der Waals surface area contributed by atoms with Gasteiger partial charge in [-0.3, -0.25) is 4.79 Å². The molecule has 4 heteroatoms. The number of ether oxygens (including phenoxy) is 1. The molecule has 0 fully saturated rings. The maximum atomic E-state index is 11.0. The second-order valence-corrected chi connectivity index (χ2v) is 7.23. The molecule has 0 saturated heterocycles. The van der Waals surface area contributed by atoms with Crippen molar-refractivity contribution in [1.29, 1.82) is 0 Å². The van der Waals surface area contributed by atoms with E-state index in [0.29, 0.717) is 12.7 Å². The molecule has 0 amide bonds. The van der Waals surface area contributed by atoms with Crippen LogP contribution in [0.3, 0.4) is 0 Å². The van der Waals surface area contributed by atoms with Gasteiger partial charge in [0.2, 0.25) is 0 Å². The summed E-state index contributed by atoms with van der Waals surface area (Å²) in [7, 11) is -0.108. The average molecular weight is 176 g/mol. The fourth-order valence-corrected chi connectivity index (χ4v) is 1.57. The maximum absolute atomic E-state index is 11.0. The number of carbonyl (C=O) groups excluding carboxylic acids is 1. The van der Waals surface area contributed by atoms with Crippen molar-refractivity contribution >= 4 is 14.3 Å². The highest BCUT2D eigenvalue weighted by molar-refractivity contribution is 6.73. The van der Waals surface area contributed by atoms with Gasteiger partial charge in [-0.15, -0.1) is 0 Å². The van der Waals surface area contributed by atoms with Crippen LogP contribution < -0.4 is 0 Å². The molecule has 0 N–H and O–H groups in total. The quantitative estimate of drug-likeness (QED) is 0.480. The molecule has 0 spiro atoms. The van der Waals surface area contributed by atoms with Crippen LogP contribution in [-0.4, -0.2) is 28.0 Å². The van der Waals surface area contributed by atoms with Crippen LogP contribution in [-0.2, 0) is 14.0 Å². The molecule has 0 aliphatic heterocycles. The lowest BCUT2D eigenvalue weighted by molar-refractivity contribution is -0.140. The van der Waals surface area contributed by atoms with Gasteiger partial charge in [-0.05, 0) is 20.0 Å². The summed E-state index contributed by atoms with van der Waals surface area (Å²) in [5, 5.41) is 0. The summed E-state index contributed by atoms with van der Waals surface area (Å²) in [6.07, 6.45) is 0. The second-order valence-electron chi connectivity index (χ2n) is 2.95. The van der Waals surface area contributed by atoms with Crippen molar-refractivity contribution in [2.45, 2.75) is 26.1 Å². The normalized spacial score (nSPS) is 11.3. The summed E-state index contributed by atoms with van der Waals surface area (Å²) in [4.78, 5) is 11.0. The molecule has 0 unspecified atom stereocenters. The number of hydrogen-bond donors (Lipinski definition) is 0. The van der Waals surface area contributed by atoms with E-state index >= 15 is 0 Å². The minimum Gasteiger partial charge on any atom is -0.466 e. The molecule has 66 valence electrons. The Morgan fingerprint density at radius 1 is 1.45 bits per heavy atom. The van der Waals surface area contributed by atoms with Crippen molar-refractivity contribution in [2.24, 2.45) is 0 Å². The maximum Gasteiger partial charge on any atom is 0.305 e. The fraction of sp³-hybridized carbons (Fsp3) is 0.857. The SMILES string of the molecule is CCOC(=O)C[Si](C)(C)OC. The third kappa shape index (κ3) is 4.98. The summed E-state index contributed by atoms with van der Waals surface area (Å²) >= 11 is 0. The van der Waals surface area contributed by atoms with E-state index in [1.165, 1.54) is 0 Å². The number of hydrogen-bond acceptors (Lipinski definition) is 3. The monoisotopic (exact) mass is 176 g/mol. The van der Waals surface area contributed by atoms with Gasteiger partial charge < -0.3 is 9.16 Å². The molecule has 0 aromatic heterocycles. The Morgan fingerprint density at radius 3 is 2.36 bits per heavy atom. The van der Waals surface area contributed by atoms with Gasteiger partial charge in [0.1, 0.15) is 0 Å². The Kier molecular flexibility index (Phi) is 4.36. The zero-order chi connectivity index (χ0) is 8.91. The van der Waals surface area contributed by atoms with Crippen LogP contribution in [0.15, 0.2) is 0 Å². The van der Waals surface area contributed by atoms with Gasteiger partial charge in [-0.2, -0.15) is 0 Å². The first-order valence-electron chi connectivity index (χ1n) is 3.72. The molecule has 0 bridgehead atoms. The van der Waals surface area contributed by atoms with Crippen LogP contribution in [0.1, 0.15) is 6.92 Å². The number of rotatable bonds is 4. The minimum atomic E-state index is -1.75. The van der Waals surface area contributed by atoms with Gasteiger partial charge in [-0.25, -0.2) is 0 Å². The Hall–Kier alpha value is -0.353. The van der Waals surface area contributed by atoms with E-state index in [0.717, 1.165) is 0 Å². The van der Waals surface area contributed by atoms with Crippen molar-refractivity contribution in [3.8, 4) is 0 Å². The van der Waals surface area contributed by atoms with Crippen LogP contribution in [0, 0.1) is 0 Å². The molecule has 0 saturated carbocycles. The highest BCUT2D eigenvalue weighted by Crippen LogP contribution is 2.09. The lowest BCUT2D eigenvalue weighted by atomic mass is 10.8. The molecule has 3 nitrogen and oxygen atoms in total. The van der Waals surface area contributed by atoms with Crippen LogP contribution in [0.5, 0.6) is 0 Å². The van der Waals surface area contributed by atoms with E-state index in [1.54, 1.807) is 14.0 Å². The molecule has 11 heavy (non-hydrogen) atoms. The Labute approximate surface area is 68.8 Å². The number of carbonyl (C=O) groups is 1. The predicted octanol–water partition coefficient (Wildman–Crippen LogP) is 1.40. The van der Waals surface area contributed by atoms with E-state index in [4.69, 9.17) is 9.16 Å². The summed E-state index contributed by atoms with van der Waals surface area (Å²) in [5.74, 6) is -0.147. The third-order valence-corrected chi connectivity index (χ3v) is 3.67. The van der Waals surface area contributed by atoms with Crippen molar-refractivity contribution in [1.82, 2.24) is 0 Å². The average Bonchev–Trinajstić information content (AvgIpc) is 1.87. The van der Waals surface area contributed by atoms with Crippen molar-refractivity contribution < 1.29 is 14.0 Å². The highest BCUT2D eigenvalue weighted by atomic mass is 28.4. The van der Waals surface area contributed by atoms with Crippen molar-refractivity contribution in [3.63, 3.8) is 0 Å². The second kappa shape index (κ2) is 4.51. The summed E-state index contributed by atoms with van der Waals surface area (Å²) in [6, 6.07) is 0.442. The standard InChI is InChI=1S/C7H16O3Si/c1-5-10-7(8)6-11(3,4)9-2/h5-6H2,1-4H3. The van der Waals surface area contributed by atoms with Gasteiger partial charge >= 0.3 is 5.97 Å². The zero-order valence-corrected chi connectivity index (χ0v) is 8.64. The van der Waals surface area contributed by atoms with Gasteiger partial charge in [0, 0.05) is 7.11 Å². The third-order valence-electron chi connectivity index (χ3n) is 1.43. The van der Waals surface area contributed by atoms with Crippen LogP contribution in [0.4, 0.5) is 0 Å². The Balaban J connectivity index is 3.74. The first-order valence-corrected chi connectivity index (χ1v) is 6.84. The van der Waals surface area contributed by atoms with Crippen LogP contribution in [0.2, 0.25) is 19.1 Å². The molecule has 0 aliphatic rings. The number of esters is 1. The van der Waals surface area contributed by atoms with Crippen LogP contribution in [0.25, 0.3) is 0 Å². The fourth-order valence-electron chi connectivity index (χ4n) is 0.632. The minimum absolute atomic E-state index is 0.147. The topological polar surface area (TPSA) is 35.5 Å². The Bertz CT molecular complexity index is 134. The van der Waals surface area contributed by atoms with Crippen molar-refractivity contribution in [2.75, 3.05) is 13.7 Å². The largest absolute Gasteiger partial charge is 0.466 e. The van der Waals surface area contributed by atoms with E-state index in [2.05, 4.69) is 0 Å². The lowest BCUT2D eigenvalue weighted by Gasteiger charge is -2.17. The van der Waals surface area contributed by atoms with Gasteiger partial charge in [0.15, 0.2) is 8.32 Å². The van der Waals surface area contributed by atoms with Crippen LogP contribution >= 0.6 is 0 Å². The summed E-state index contributed by atoms with van der Waals surface area (Å²) in [6.45, 7) is 6.24. The first kappa shape index (κ1) is 10.6. The molecule has 0 rings (SSSR count). The summed E-state index contributed by atoms with van der Waals surface area (Å²) < 4.78 is 9.99. The lowest BCUT2D eigenvalue weighted by Crippen LogP contribution is -2.32. The first-order chi connectivity index (χ1) is 5.02. The van der Waals surface area contributed by atoms with Gasteiger partial charge in [0.05, 0.1) is 12.7 Å². The van der Waals surface area contributed by atoms with Crippen molar-refractivity contribution in [3.05, 3.63) is 0 Å². The van der Waals surface area contributed by atoms with E-state index in [-0.39, 0.29) is 5.97 Å². The molecule has 0 heterocycles. The molecular weight excluding hydrogens is 160 g/mol. The molecule has 0 aliphatic carbocycles. The molecule has 0 radical (unpaired) electrons. The van der Waals surface area contributed by atoms with Gasteiger partial charge in [-0.1, -0.05) is 0 Å². The molecule has 0 atom stereocenters. The van der Waals surface area contributed by atoms with E-state index in [9.17, 15) is 4.79 Å². The smallest absolute Gasteiger partial charge is 0.305 e. The zero-order valence-electron chi connectivity index (χ0n) is 7.64. The van der Waals surface area contributed by atoms with Gasteiger partial charge in [0.25, 0.3) is 0 Å². The molecule has 0 aromatic carbocycles. The predicted molar refractivity (Wildman–Crippen MR) is 45.9 cm³/mol.